The van der Waals surface area contributed by atoms with Crippen LogP contribution in [0.2, 0.25) is 0 Å². The predicted octanol–water partition coefficient (Wildman–Crippen LogP) is 1.35. The molecule has 0 aromatic rings. The zero-order valence-corrected chi connectivity index (χ0v) is 7.32. The Bertz CT molecular complexity index is 118. The average Bonchev–Trinajstić information content (AvgIpc) is 1.85. The summed E-state index contributed by atoms with van der Waals surface area (Å²) in [5.74, 6) is 0.267. The molecule has 0 fully saturated rings. The molecular formula is C8H17NO. The highest BCUT2D eigenvalue weighted by atomic mass is 16.1. The zero-order chi connectivity index (χ0) is 8.20. The van der Waals surface area contributed by atoms with Crippen molar-refractivity contribution in [3.63, 3.8) is 0 Å². The summed E-state index contributed by atoms with van der Waals surface area (Å²) in [6.07, 6.45) is 1.59. The molecule has 0 bridgehead atoms. The lowest BCUT2D eigenvalue weighted by Crippen LogP contribution is -2.36. The summed E-state index contributed by atoms with van der Waals surface area (Å²) in [7, 11) is 1.92. The number of carbonyl (C=O) groups excluding carboxylic acids is 1. The van der Waals surface area contributed by atoms with Gasteiger partial charge in [0.15, 0.2) is 0 Å². The second-order valence-corrected chi connectivity index (χ2v) is 3.34. The maximum Gasteiger partial charge on any atom is 0.129 e. The Morgan fingerprint density at radius 3 is 2.30 bits per heavy atom. The Morgan fingerprint density at radius 2 is 2.00 bits per heavy atom. The van der Waals surface area contributed by atoms with Crippen LogP contribution < -0.4 is 5.32 Å². The predicted molar refractivity (Wildman–Crippen MR) is 43.1 cm³/mol. The van der Waals surface area contributed by atoms with Crippen molar-refractivity contribution >= 4 is 5.78 Å². The van der Waals surface area contributed by atoms with Crippen molar-refractivity contribution in [2.24, 2.45) is 0 Å². The van der Waals surface area contributed by atoms with Gasteiger partial charge in [-0.25, -0.2) is 0 Å². The first-order valence-electron chi connectivity index (χ1n) is 3.66. The van der Waals surface area contributed by atoms with Crippen molar-refractivity contribution in [1.29, 1.82) is 0 Å². The Kier molecular flexibility index (Phi) is 3.58. The summed E-state index contributed by atoms with van der Waals surface area (Å²) in [5, 5.41) is 3.14. The van der Waals surface area contributed by atoms with Crippen molar-refractivity contribution in [3.8, 4) is 0 Å². The number of Topliss-reactive ketones (excluding diaryl/α,β-unsaturated/α-hetero) is 1. The molecule has 0 spiro atoms. The fourth-order valence-corrected chi connectivity index (χ4v) is 0.614. The van der Waals surface area contributed by atoms with Gasteiger partial charge in [-0.15, -0.1) is 0 Å². The number of hydrogen-bond acceptors (Lipinski definition) is 2. The van der Waals surface area contributed by atoms with Crippen molar-refractivity contribution in [3.05, 3.63) is 0 Å². The van der Waals surface area contributed by atoms with E-state index in [1.807, 2.05) is 7.05 Å². The number of ketones is 1. The zero-order valence-electron chi connectivity index (χ0n) is 7.32. The number of nitrogens with one attached hydrogen (secondary N) is 1. The highest BCUT2D eigenvalue weighted by molar-refractivity contribution is 5.75. The van der Waals surface area contributed by atoms with E-state index in [9.17, 15) is 4.79 Å². The lowest BCUT2D eigenvalue weighted by atomic mass is 9.98. The van der Waals surface area contributed by atoms with Gasteiger partial charge < -0.3 is 10.1 Å². The van der Waals surface area contributed by atoms with Gasteiger partial charge in [0.2, 0.25) is 0 Å². The smallest absolute Gasteiger partial charge is 0.129 e. The normalized spacial score (nSPS) is 11.6. The Balaban J connectivity index is 3.56. The standard InChI is InChI=1S/C8H17NO/c1-7(10)5-6-8(2,3)9-4/h9H,5-6H2,1-4H3. The molecule has 0 amide bonds. The molecule has 1 N–H and O–H groups in total. The number of rotatable bonds is 4. The molecule has 0 aliphatic heterocycles. The van der Waals surface area contributed by atoms with Crippen LogP contribution in [0.25, 0.3) is 0 Å². The summed E-state index contributed by atoms with van der Waals surface area (Å²) >= 11 is 0. The molecular weight excluding hydrogens is 126 g/mol. The second-order valence-electron chi connectivity index (χ2n) is 3.34. The van der Waals surface area contributed by atoms with E-state index in [2.05, 4.69) is 19.2 Å². The van der Waals surface area contributed by atoms with Crippen LogP contribution in [0.3, 0.4) is 0 Å². The molecule has 0 aromatic heterocycles. The largest absolute Gasteiger partial charge is 0.315 e. The van der Waals surface area contributed by atoms with Crippen LogP contribution in [0.15, 0.2) is 0 Å². The summed E-state index contributed by atoms with van der Waals surface area (Å²) in [6, 6.07) is 0. The van der Waals surface area contributed by atoms with Gasteiger partial charge in [-0.2, -0.15) is 0 Å². The van der Waals surface area contributed by atoms with Crippen molar-refractivity contribution in [2.45, 2.75) is 39.2 Å². The fourth-order valence-electron chi connectivity index (χ4n) is 0.614. The van der Waals surface area contributed by atoms with E-state index in [1.54, 1.807) is 6.92 Å². The van der Waals surface area contributed by atoms with Crippen molar-refractivity contribution in [1.82, 2.24) is 5.32 Å². The van der Waals surface area contributed by atoms with Gasteiger partial charge in [0.25, 0.3) is 0 Å². The molecule has 10 heavy (non-hydrogen) atoms. The molecule has 0 aliphatic carbocycles. The van der Waals surface area contributed by atoms with E-state index < -0.39 is 0 Å². The maximum atomic E-state index is 10.6. The molecule has 0 rings (SSSR count). The van der Waals surface area contributed by atoms with Crippen molar-refractivity contribution < 1.29 is 4.79 Å². The van der Waals surface area contributed by atoms with Crippen LogP contribution in [0.5, 0.6) is 0 Å². The summed E-state index contributed by atoms with van der Waals surface area (Å²) in [4.78, 5) is 10.6. The third kappa shape index (κ3) is 4.50. The molecule has 60 valence electrons. The first-order valence-corrected chi connectivity index (χ1v) is 3.66. The van der Waals surface area contributed by atoms with E-state index in [0.29, 0.717) is 6.42 Å². The van der Waals surface area contributed by atoms with Gasteiger partial charge in [0, 0.05) is 12.0 Å². The molecule has 0 aromatic carbocycles. The molecule has 0 heterocycles. The molecule has 0 saturated heterocycles. The van der Waals surface area contributed by atoms with Gasteiger partial charge in [-0.3, -0.25) is 0 Å². The van der Waals surface area contributed by atoms with Crippen LogP contribution in [-0.2, 0) is 4.79 Å². The van der Waals surface area contributed by atoms with Crippen LogP contribution in [0.4, 0.5) is 0 Å². The van der Waals surface area contributed by atoms with Crippen molar-refractivity contribution in [2.75, 3.05) is 7.05 Å². The van der Waals surface area contributed by atoms with E-state index in [0.717, 1.165) is 6.42 Å². The Morgan fingerprint density at radius 1 is 1.50 bits per heavy atom. The minimum absolute atomic E-state index is 0.103. The van der Waals surface area contributed by atoms with E-state index in [-0.39, 0.29) is 11.3 Å². The summed E-state index contributed by atoms with van der Waals surface area (Å²) in [6.45, 7) is 5.82. The van der Waals surface area contributed by atoms with Gasteiger partial charge in [-0.05, 0) is 34.2 Å². The minimum Gasteiger partial charge on any atom is -0.315 e. The quantitative estimate of drug-likeness (QED) is 0.643. The highest BCUT2D eigenvalue weighted by Gasteiger charge is 2.14. The molecule has 0 radical (unpaired) electrons. The molecule has 0 saturated carbocycles. The lowest BCUT2D eigenvalue weighted by Gasteiger charge is -2.22. The molecule has 0 aliphatic rings. The molecule has 2 nitrogen and oxygen atoms in total. The van der Waals surface area contributed by atoms with E-state index >= 15 is 0 Å². The number of carbonyl (C=O) groups is 1. The van der Waals surface area contributed by atoms with Crippen LogP contribution in [0, 0.1) is 0 Å². The van der Waals surface area contributed by atoms with E-state index in [1.165, 1.54) is 0 Å². The molecule has 0 unspecified atom stereocenters. The lowest BCUT2D eigenvalue weighted by molar-refractivity contribution is -0.117. The first-order chi connectivity index (χ1) is 4.48. The van der Waals surface area contributed by atoms with Crippen LogP contribution in [0.1, 0.15) is 33.6 Å². The van der Waals surface area contributed by atoms with Crippen LogP contribution >= 0.6 is 0 Å². The fraction of sp³-hybridized carbons (Fsp3) is 0.875. The summed E-state index contributed by atoms with van der Waals surface area (Å²) < 4.78 is 0. The van der Waals surface area contributed by atoms with Gasteiger partial charge in [-0.1, -0.05) is 0 Å². The molecule has 0 atom stereocenters. The SMILES string of the molecule is CNC(C)(C)CCC(C)=O. The minimum atomic E-state index is 0.103. The number of hydrogen-bond donors (Lipinski definition) is 1. The summed E-state index contributed by atoms with van der Waals surface area (Å²) in [5.41, 5.74) is 0.103. The topological polar surface area (TPSA) is 29.1 Å². The maximum absolute atomic E-state index is 10.6. The van der Waals surface area contributed by atoms with Gasteiger partial charge >= 0.3 is 0 Å². The molecule has 2 heteroatoms. The second kappa shape index (κ2) is 3.71. The van der Waals surface area contributed by atoms with Gasteiger partial charge in [0.1, 0.15) is 5.78 Å². The van der Waals surface area contributed by atoms with Gasteiger partial charge in [0.05, 0.1) is 0 Å². The first kappa shape index (κ1) is 9.63. The van der Waals surface area contributed by atoms with E-state index in [4.69, 9.17) is 0 Å². The average molecular weight is 143 g/mol. The third-order valence-electron chi connectivity index (χ3n) is 1.78. The highest BCUT2D eigenvalue weighted by Crippen LogP contribution is 2.09. The Labute approximate surface area is 63.0 Å². The van der Waals surface area contributed by atoms with Crippen LogP contribution in [-0.4, -0.2) is 18.4 Å². The third-order valence-corrected chi connectivity index (χ3v) is 1.78. The Hall–Kier alpha value is -0.370. The monoisotopic (exact) mass is 143 g/mol.